The Morgan fingerprint density at radius 3 is 2.95 bits per heavy atom. The van der Waals surface area contributed by atoms with Crippen molar-refractivity contribution in [3.63, 3.8) is 0 Å². The molecule has 22 heavy (non-hydrogen) atoms. The van der Waals surface area contributed by atoms with Gasteiger partial charge in [0.15, 0.2) is 0 Å². The number of halogens is 1. The molecule has 1 aromatic carbocycles. The quantitative estimate of drug-likeness (QED) is 0.818. The van der Waals surface area contributed by atoms with E-state index >= 15 is 0 Å². The van der Waals surface area contributed by atoms with Gasteiger partial charge in [-0.3, -0.25) is 9.59 Å². The highest BCUT2D eigenvalue weighted by Gasteiger charge is 2.16. The van der Waals surface area contributed by atoms with Crippen LogP contribution in [0.1, 0.15) is 42.5 Å². The lowest BCUT2D eigenvalue weighted by Crippen LogP contribution is -2.34. The number of likely N-dealkylation sites (tertiary alicyclic amines) is 1. The van der Waals surface area contributed by atoms with Gasteiger partial charge >= 0.3 is 0 Å². The molecule has 1 heterocycles. The number of phenolic OH excluding ortho intramolecular Hbond substituents is 1. The third-order valence-corrected chi connectivity index (χ3v) is 4.00. The fourth-order valence-corrected chi connectivity index (χ4v) is 2.70. The first-order valence-corrected chi connectivity index (χ1v) is 8.00. The minimum atomic E-state index is -0.359. The molecule has 120 valence electrons. The predicted molar refractivity (Wildman–Crippen MR) is 85.1 cm³/mol. The van der Waals surface area contributed by atoms with Crippen LogP contribution in [0.4, 0.5) is 0 Å². The van der Waals surface area contributed by atoms with Crippen LogP contribution in [0.15, 0.2) is 18.2 Å². The van der Waals surface area contributed by atoms with Gasteiger partial charge in [-0.05, 0) is 37.5 Å². The van der Waals surface area contributed by atoms with Gasteiger partial charge in [0, 0.05) is 31.1 Å². The van der Waals surface area contributed by atoms with E-state index in [-0.39, 0.29) is 23.1 Å². The number of carbonyl (C=O) groups excluding carboxylic acids is 2. The number of aromatic hydroxyl groups is 1. The van der Waals surface area contributed by atoms with Crippen molar-refractivity contribution >= 4 is 23.4 Å². The van der Waals surface area contributed by atoms with E-state index < -0.39 is 0 Å². The van der Waals surface area contributed by atoms with E-state index in [1.54, 1.807) is 0 Å². The largest absolute Gasteiger partial charge is 0.507 e. The van der Waals surface area contributed by atoms with Crippen LogP contribution < -0.4 is 5.32 Å². The summed E-state index contributed by atoms with van der Waals surface area (Å²) in [4.78, 5) is 25.7. The maximum atomic E-state index is 12.0. The molecule has 0 aliphatic carbocycles. The van der Waals surface area contributed by atoms with Crippen LogP contribution >= 0.6 is 11.6 Å². The number of nitrogens with one attached hydrogen (secondary N) is 1. The number of hydrogen-bond donors (Lipinski definition) is 2. The van der Waals surface area contributed by atoms with Crippen molar-refractivity contribution in [1.29, 1.82) is 0 Å². The highest BCUT2D eigenvalue weighted by molar-refractivity contribution is 6.31. The summed E-state index contributed by atoms with van der Waals surface area (Å²) >= 11 is 5.82. The van der Waals surface area contributed by atoms with Crippen molar-refractivity contribution in [2.24, 2.45) is 0 Å². The molecule has 2 N–H and O–H groups in total. The summed E-state index contributed by atoms with van der Waals surface area (Å²) < 4.78 is 0. The molecular weight excluding hydrogens is 304 g/mol. The van der Waals surface area contributed by atoms with Crippen LogP contribution in [0.25, 0.3) is 0 Å². The number of hydrogen-bond acceptors (Lipinski definition) is 3. The first kappa shape index (κ1) is 16.6. The summed E-state index contributed by atoms with van der Waals surface area (Å²) in [6.07, 6.45) is 4.45. The standard InChI is InChI=1S/C16H21ClN2O3/c17-12-6-7-14(20)13(11-12)16(22)18-8-4-10-19-9-3-1-2-5-15(19)21/h6-7,11,20H,1-5,8-10H2,(H,18,22). The van der Waals surface area contributed by atoms with Gasteiger partial charge in [-0.1, -0.05) is 18.0 Å². The Bertz CT molecular complexity index is 548. The lowest BCUT2D eigenvalue weighted by atomic mass is 10.2. The lowest BCUT2D eigenvalue weighted by Gasteiger charge is -2.20. The molecule has 0 atom stereocenters. The second-order valence-corrected chi connectivity index (χ2v) is 5.90. The maximum absolute atomic E-state index is 12.0. The summed E-state index contributed by atoms with van der Waals surface area (Å²) in [5.41, 5.74) is 0.165. The number of rotatable bonds is 5. The van der Waals surface area contributed by atoms with Crippen molar-refractivity contribution in [3.05, 3.63) is 28.8 Å². The van der Waals surface area contributed by atoms with E-state index in [0.717, 1.165) is 25.8 Å². The van der Waals surface area contributed by atoms with Crippen molar-refractivity contribution in [2.75, 3.05) is 19.6 Å². The molecule has 0 saturated carbocycles. The Kier molecular flexibility index (Phi) is 6.07. The zero-order chi connectivity index (χ0) is 15.9. The molecule has 1 aliphatic heterocycles. The van der Waals surface area contributed by atoms with Crippen molar-refractivity contribution < 1.29 is 14.7 Å². The topological polar surface area (TPSA) is 69.6 Å². The molecular formula is C16H21ClN2O3. The summed E-state index contributed by atoms with van der Waals surface area (Å²) in [6, 6.07) is 4.36. The second kappa shape index (κ2) is 8.03. The van der Waals surface area contributed by atoms with E-state index in [2.05, 4.69) is 5.32 Å². The molecule has 2 amide bonds. The van der Waals surface area contributed by atoms with E-state index in [1.165, 1.54) is 18.2 Å². The minimum Gasteiger partial charge on any atom is -0.507 e. The Morgan fingerprint density at radius 2 is 2.14 bits per heavy atom. The highest BCUT2D eigenvalue weighted by atomic mass is 35.5. The number of nitrogens with zero attached hydrogens (tertiary/aromatic N) is 1. The molecule has 0 bridgehead atoms. The molecule has 0 aromatic heterocycles. The normalized spacial score (nSPS) is 15.5. The van der Waals surface area contributed by atoms with Crippen molar-refractivity contribution in [2.45, 2.75) is 32.1 Å². The van der Waals surface area contributed by atoms with Crippen LogP contribution in [0.2, 0.25) is 5.02 Å². The molecule has 1 saturated heterocycles. The maximum Gasteiger partial charge on any atom is 0.255 e. The molecule has 0 radical (unpaired) electrons. The lowest BCUT2D eigenvalue weighted by molar-refractivity contribution is -0.130. The van der Waals surface area contributed by atoms with Crippen LogP contribution in [0.3, 0.4) is 0 Å². The van der Waals surface area contributed by atoms with E-state index in [4.69, 9.17) is 11.6 Å². The van der Waals surface area contributed by atoms with Gasteiger partial charge in [-0.2, -0.15) is 0 Å². The van der Waals surface area contributed by atoms with Gasteiger partial charge in [0.25, 0.3) is 5.91 Å². The summed E-state index contributed by atoms with van der Waals surface area (Å²) in [5.74, 6) is -0.247. The van der Waals surface area contributed by atoms with Crippen LogP contribution in [-0.4, -0.2) is 41.5 Å². The van der Waals surface area contributed by atoms with Gasteiger partial charge in [0.1, 0.15) is 5.75 Å². The smallest absolute Gasteiger partial charge is 0.255 e. The van der Waals surface area contributed by atoms with Crippen LogP contribution in [0.5, 0.6) is 5.75 Å². The van der Waals surface area contributed by atoms with Gasteiger partial charge in [0.2, 0.25) is 5.91 Å². The highest BCUT2D eigenvalue weighted by Crippen LogP contribution is 2.21. The summed E-state index contributed by atoms with van der Waals surface area (Å²) in [5, 5.41) is 12.8. The zero-order valence-corrected chi connectivity index (χ0v) is 13.2. The molecule has 5 nitrogen and oxygen atoms in total. The third kappa shape index (κ3) is 4.63. The average molecular weight is 325 g/mol. The minimum absolute atomic E-state index is 0.0930. The van der Waals surface area contributed by atoms with Crippen molar-refractivity contribution in [3.8, 4) is 5.75 Å². The number of amides is 2. The predicted octanol–water partition coefficient (Wildman–Crippen LogP) is 2.57. The SMILES string of the molecule is O=C(NCCCN1CCCCCC1=O)c1cc(Cl)ccc1O. The van der Waals surface area contributed by atoms with E-state index in [0.29, 0.717) is 31.0 Å². The fourth-order valence-electron chi connectivity index (χ4n) is 2.53. The molecule has 1 fully saturated rings. The zero-order valence-electron chi connectivity index (χ0n) is 12.5. The monoisotopic (exact) mass is 324 g/mol. The first-order chi connectivity index (χ1) is 10.6. The molecule has 0 spiro atoms. The number of carbonyl (C=O) groups is 2. The fraction of sp³-hybridized carbons (Fsp3) is 0.500. The van der Waals surface area contributed by atoms with Gasteiger partial charge in [0.05, 0.1) is 5.56 Å². The molecule has 2 rings (SSSR count). The molecule has 6 heteroatoms. The Balaban J connectivity index is 1.77. The van der Waals surface area contributed by atoms with Crippen molar-refractivity contribution in [1.82, 2.24) is 10.2 Å². The van der Waals surface area contributed by atoms with E-state index in [1.807, 2.05) is 4.90 Å². The van der Waals surface area contributed by atoms with E-state index in [9.17, 15) is 14.7 Å². The molecule has 1 aromatic rings. The number of phenols is 1. The Hall–Kier alpha value is -1.75. The molecule has 0 unspecified atom stereocenters. The van der Waals surface area contributed by atoms with Gasteiger partial charge < -0.3 is 15.3 Å². The van der Waals surface area contributed by atoms with Gasteiger partial charge in [-0.25, -0.2) is 0 Å². The van der Waals surface area contributed by atoms with Crippen LogP contribution in [0, 0.1) is 0 Å². The van der Waals surface area contributed by atoms with Crippen LogP contribution in [-0.2, 0) is 4.79 Å². The summed E-state index contributed by atoms with van der Waals surface area (Å²) in [6.45, 7) is 1.91. The average Bonchev–Trinajstić information content (AvgIpc) is 2.70. The number of benzene rings is 1. The van der Waals surface area contributed by atoms with Gasteiger partial charge in [-0.15, -0.1) is 0 Å². The first-order valence-electron chi connectivity index (χ1n) is 7.62. The Morgan fingerprint density at radius 1 is 1.32 bits per heavy atom. The Labute approximate surface area is 135 Å². The second-order valence-electron chi connectivity index (χ2n) is 5.46. The third-order valence-electron chi connectivity index (χ3n) is 3.76. The molecule has 1 aliphatic rings. The summed E-state index contributed by atoms with van der Waals surface area (Å²) in [7, 11) is 0.